The summed E-state index contributed by atoms with van der Waals surface area (Å²) in [7, 11) is 0. The highest BCUT2D eigenvalue weighted by molar-refractivity contribution is 7.80. The van der Waals surface area contributed by atoms with Crippen molar-refractivity contribution >= 4 is 115 Å². The highest BCUT2D eigenvalue weighted by Crippen LogP contribution is 2.32. The van der Waals surface area contributed by atoms with Crippen LogP contribution in [-0.2, 0) is 6.54 Å². The number of halogens is 4. The number of anilines is 7. The number of para-hydroxylation sites is 2. The Labute approximate surface area is 307 Å². The van der Waals surface area contributed by atoms with E-state index in [1.807, 2.05) is 6.07 Å². The Balaban J connectivity index is 0.000000221. The Kier molecular flexibility index (Phi) is 13.8. The molecule has 2 atom stereocenters. The lowest BCUT2D eigenvalue weighted by molar-refractivity contribution is 0.0826. The predicted molar refractivity (Wildman–Crippen MR) is 206 cm³/mol. The third-order valence-corrected chi connectivity index (χ3v) is 8.13. The summed E-state index contributed by atoms with van der Waals surface area (Å²) in [6, 6.07) is 20.7. The fourth-order valence-electron chi connectivity index (χ4n) is 4.49. The van der Waals surface area contributed by atoms with Crippen molar-refractivity contribution in [1.29, 1.82) is 0 Å². The van der Waals surface area contributed by atoms with Crippen molar-refractivity contribution < 1.29 is 20.4 Å². The summed E-state index contributed by atoms with van der Waals surface area (Å²) in [6.45, 7) is -0.442. The number of benzene rings is 4. The molecule has 0 aliphatic carbocycles. The zero-order chi connectivity index (χ0) is 35.7. The first-order chi connectivity index (χ1) is 23.4. The van der Waals surface area contributed by atoms with Gasteiger partial charge in [0.05, 0.1) is 87.2 Å². The number of aliphatic hydroxyl groups excluding tert-OH is 4. The van der Waals surface area contributed by atoms with Crippen LogP contribution in [0.25, 0.3) is 11.0 Å². The van der Waals surface area contributed by atoms with Crippen LogP contribution < -0.4 is 32.7 Å². The van der Waals surface area contributed by atoms with Gasteiger partial charge in [-0.2, -0.15) is 0 Å². The summed E-state index contributed by atoms with van der Waals surface area (Å²) < 4.78 is 1.72. The van der Waals surface area contributed by atoms with E-state index < -0.39 is 12.2 Å². The van der Waals surface area contributed by atoms with Gasteiger partial charge in [-0.3, -0.25) is 0 Å². The summed E-state index contributed by atoms with van der Waals surface area (Å²) in [5, 5.41) is 51.8. The van der Waals surface area contributed by atoms with Gasteiger partial charge < -0.3 is 57.7 Å². The van der Waals surface area contributed by atoms with Gasteiger partial charge in [-0.1, -0.05) is 58.5 Å². The number of aliphatic hydroxyl groups is 4. The fourth-order valence-corrected chi connectivity index (χ4v) is 5.62. The van der Waals surface area contributed by atoms with Gasteiger partial charge >= 0.3 is 0 Å². The molecule has 5 aromatic rings. The number of nitrogens with one attached hydrogen (secondary N) is 4. The first-order valence-electron chi connectivity index (χ1n) is 14.6. The molecule has 49 heavy (non-hydrogen) atoms. The van der Waals surface area contributed by atoms with E-state index in [1.165, 1.54) is 0 Å². The van der Waals surface area contributed by atoms with Crippen molar-refractivity contribution in [2.24, 2.45) is 0 Å². The first kappa shape index (κ1) is 38.0. The van der Waals surface area contributed by atoms with Gasteiger partial charge in [-0.25, -0.2) is 4.98 Å². The maximum absolute atomic E-state index is 9.85. The predicted octanol–water partition coefficient (Wildman–Crippen LogP) is 6.17. The lowest BCUT2D eigenvalue weighted by Crippen LogP contribution is -2.25. The second-order valence-corrected chi connectivity index (χ2v) is 12.6. The topological polar surface area (TPSA) is 199 Å². The molecule has 0 saturated carbocycles. The average Bonchev–Trinajstić information content (AvgIpc) is 3.41. The molecule has 4 aromatic carbocycles. The lowest BCUT2D eigenvalue weighted by Gasteiger charge is -2.18. The van der Waals surface area contributed by atoms with Crippen molar-refractivity contribution in [2.45, 2.75) is 18.8 Å². The summed E-state index contributed by atoms with van der Waals surface area (Å²) in [5.74, 6) is 0.458. The number of hydrogen-bond donors (Lipinski definition) is 10. The standard InChI is InChI=1S/C16H18Cl2N4O2S.C16H16Cl2N4O2/c17-9-4-5-13(11(18)6-9)21-16(25)22-14-3-1-2-12(19)15(14)20-7-10(24)8-23;17-9-4-5-13(11(18)6-9)20-16-21-14-3-1-2-12(19)15(14)22(16)7-10(24)8-23/h1-6,10,20,23-24H,7-8,19H2,(H2,21,22,25);1-6,10,23-24H,7-8,19H2,(H,20,21). The fraction of sp³-hybridized carbons (Fsp3) is 0.188. The molecule has 2 unspecified atom stereocenters. The van der Waals surface area contributed by atoms with Gasteiger partial charge in [0.15, 0.2) is 5.11 Å². The van der Waals surface area contributed by atoms with Gasteiger partial charge in [-0.15, -0.1) is 0 Å². The molecule has 0 saturated heterocycles. The molecule has 0 spiro atoms. The second-order valence-electron chi connectivity index (χ2n) is 10.5. The summed E-state index contributed by atoms with van der Waals surface area (Å²) in [6.07, 6.45) is -1.84. The maximum Gasteiger partial charge on any atom is 0.208 e. The van der Waals surface area contributed by atoms with Crippen LogP contribution in [0, 0.1) is 0 Å². The lowest BCUT2D eigenvalue weighted by atomic mass is 10.2. The van der Waals surface area contributed by atoms with Gasteiger partial charge in [0, 0.05) is 16.6 Å². The molecule has 0 aliphatic heterocycles. The molecule has 260 valence electrons. The molecule has 1 heterocycles. The van der Waals surface area contributed by atoms with Gasteiger partial charge in [0.2, 0.25) is 5.95 Å². The number of nitrogens with two attached hydrogens (primary N) is 2. The Hall–Kier alpha value is -3.76. The number of nitrogen functional groups attached to an aromatic ring is 2. The van der Waals surface area contributed by atoms with E-state index in [0.29, 0.717) is 76.3 Å². The van der Waals surface area contributed by atoms with Crippen molar-refractivity contribution in [3.8, 4) is 0 Å². The van der Waals surface area contributed by atoms with E-state index in [1.54, 1.807) is 71.3 Å². The molecule has 5 rings (SSSR count). The van der Waals surface area contributed by atoms with Crippen LogP contribution in [0.3, 0.4) is 0 Å². The molecule has 12 N–H and O–H groups in total. The second kappa shape index (κ2) is 17.8. The number of aromatic nitrogens is 2. The van der Waals surface area contributed by atoms with Crippen LogP contribution in [0.4, 0.5) is 40.1 Å². The number of hydrogen-bond acceptors (Lipinski definition) is 10. The zero-order valence-corrected chi connectivity index (χ0v) is 29.5. The third-order valence-electron chi connectivity index (χ3n) is 6.83. The minimum absolute atomic E-state index is 0.134. The van der Waals surface area contributed by atoms with E-state index in [-0.39, 0.29) is 26.3 Å². The molecule has 17 heteroatoms. The highest BCUT2D eigenvalue weighted by atomic mass is 35.5. The van der Waals surface area contributed by atoms with Crippen LogP contribution in [0.15, 0.2) is 72.8 Å². The van der Waals surface area contributed by atoms with Gasteiger partial charge in [-0.05, 0) is 72.9 Å². The van der Waals surface area contributed by atoms with Crippen molar-refractivity contribution in [3.63, 3.8) is 0 Å². The zero-order valence-electron chi connectivity index (χ0n) is 25.7. The number of imidazole rings is 1. The van der Waals surface area contributed by atoms with Gasteiger partial charge in [0.25, 0.3) is 0 Å². The molecule has 0 fully saturated rings. The average molecular weight is 769 g/mol. The number of thiocarbonyl (C=S) groups is 1. The van der Waals surface area contributed by atoms with E-state index in [2.05, 4.69) is 26.3 Å². The summed E-state index contributed by atoms with van der Waals surface area (Å²) >= 11 is 29.4. The monoisotopic (exact) mass is 766 g/mol. The van der Waals surface area contributed by atoms with E-state index in [0.717, 1.165) is 0 Å². The van der Waals surface area contributed by atoms with E-state index in [4.69, 9.17) is 80.3 Å². The largest absolute Gasteiger partial charge is 0.397 e. The van der Waals surface area contributed by atoms with Crippen molar-refractivity contribution in [3.05, 3.63) is 92.9 Å². The summed E-state index contributed by atoms with van der Waals surface area (Å²) in [5.41, 5.74) is 16.8. The quantitative estimate of drug-likeness (QED) is 0.0543. The van der Waals surface area contributed by atoms with Crippen LogP contribution in [0.2, 0.25) is 20.1 Å². The normalized spacial score (nSPS) is 12.1. The third kappa shape index (κ3) is 10.4. The molecular formula is C32H34Cl4N8O4S. The van der Waals surface area contributed by atoms with Gasteiger partial charge in [0.1, 0.15) is 0 Å². The minimum atomic E-state index is -0.941. The molecule has 0 radical (unpaired) electrons. The van der Waals surface area contributed by atoms with Crippen LogP contribution >= 0.6 is 58.6 Å². The number of nitrogens with zero attached hydrogens (tertiary/aromatic N) is 2. The Morgan fingerprint density at radius 1 is 0.776 bits per heavy atom. The van der Waals surface area contributed by atoms with Crippen molar-refractivity contribution in [1.82, 2.24) is 9.55 Å². The molecule has 0 bridgehead atoms. The van der Waals surface area contributed by atoms with Crippen LogP contribution in [-0.4, -0.2) is 67.1 Å². The molecule has 0 amide bonds. The van der Waals surface area contributed by atoms with Crippen LogP contribution in [0.5, 0.6) is 0 Å². The molecule has 0 aliphatic rings. The minimum Gasteiger partial charge on any atom is -0.397 e. The number of rotatable bonds is 11. The molecular weight excluding hydrogens is 734 g/mol. The van der Waals surface area contributed by atoms with Crippen LogP contribution in [0.1, 0.15) is 0 Å². The highest BCUT2D eigenvalue weighted by Gasteiger charge is 2.17. The van der Waals surface area contributed by atoms with E-state index >= 15 is 0 Å². The smallest absolute Gasteiger partial charge is 0.208 e. The van der Waals surface area contributed by atoms with Crippen molar-refractivity contribution in [2.75, 3.05) is 52.5 Å². The maximum atomic E-state index is 9.85. The Morgan fingerprint density at radius 3 is 2.00 bits per heavy atom. The molecule has 12 nitrogen and oxygen atoms in total. The Morgan fingerprint density at radius 2 is 1.37 bits per heavy atom. The first-order valence-corrected chi connectivity index (χ1v) is 16.5. The number of fused-ring (bicyclic) bond motifs is 1. The Bertz CT molecular complexity index is 1920. The SMILES string of the molecule is Nc1cccc(NC(=S)Nc2ccc(Cl)cc2Cl)c1NCC(O)CO.Nc1cccc2nc(Nc3ccc(Cl)cc3Cl)n(CC(O)CO)c12. The molecule has 1 aromatic heterocycles. The summed E-state index contributed by atoms with van der Waals surface area (Å²) in [4.78, 5) is 4.51. The van der Waals surface area contributed by atoms with E-state index in [9.17, 15) is 10.2 Å².